The molecule has 0 amide bonds. The normalized spacial score (nSPS) is 28.7. The van der Waals surface area contributed by atoms with E-state index in [0.717, 1.165) is 18.9 Å². The Morgan fingerprint density at radius 2 is 2.05 bits per heavy atom. The molecule has 3 nitrogen and oxygen atoms in total. The summed E-state index contributed by atoms with van der Waals surface area (Å²) in [4.78, 5) is 2.51. The summed E-state index contributed by atoms with van der Waals surface area (Å²) >= 11 is 0. The van der Waals surface area contributed by atoms with E-state index in [9.17, 15) is 5.26 Å². The highest BCUT2D eigenvalue weighted by atomic mass is 15.2. The molecule has 0 saturated heterocycles. The summed E-state index contributed by atoms with van der Waals surface area (Å²) in [5.41, 5.74) is -0.402. The summed E-state index contributed by atoms with van der Waals surface area (Å²) in [6.45, 7) is 9.56. The lowest BCUT2D eigenvalue weighted by molar-refractivity contribution is 0.0904. The smallest absolute Gasteiger partial charge is 0.105 e. The van der Waals surface area contributed by atoms with Crippen LogP contribution in [0.25, 0.3) is 0 Å². The molecule has 0 bridgehead atoms. The first-order valence-corrected chi connectivity index (χ1v) is 7.81. The summed E-state index contributed by atoms with van der Waals surface area (Å²) in [6, 6.07) is 3.57. The van der Waals surface area contributed by atoms with Crippen molar-refractivity contribution in [3.63, 3.8) is 0 Å². The van der Waals surface area contributed by atoms with E-state index < -0.39 is 5.54 Å². The number of hydrogen-bond donors (Lipinski definition) is 1. The third-order valence-electron chi connectivity index (χ3n) is 4.80. The first-order chi connectivity index (χ1) is 8.93. The average molecular weight is 265 g/mol. The van der Waals surface area contributed by atoms with Crippen LogP contribution in [0.15, 0.2) is 0 Å². The molecule has 1 rings (SSSR count). The van der Waals surface area contributed by atoms with E-state index >= 15 is 0 Å². The van der Waals surface area contributed by atoms with Gasteiger partial charge in [-0.2, -0.15) is 5.26 Å². The molecule has 1 saturated carbocycles. The lowest BCUT2D eigenvalue weighted by Gasteiger charge is -2.41. The summed E-state index contributed by atoms with van der Waals surface area (Å²) < 4.78 is 0. The topological polar surface area (TPSA) is 39.1 Å². The molecule has 1 fully saturated rings. The van der Waals surface area contributed by atoms with Crippen LogP contribution >= 0.6 is 0 Å². The highest BCUT2D eigenvalue weighted by molar-refractivity contribution is 5.05. The first kappa shape index (κ1) is 16.5. The van der Waals surface area contributed by atoms with Gasteiger partial charge in [-0.1, -0.05) is 26.7 Å². The SMILES string of the molecule is CCNC(C)(C#N)CC(C)N(C)C1CCCCC1C. The van der Waals surface area contributed by atoms with Crippen LogP contribution in [0, 0.1) is 17.2 Å². The van der Waals surface area contributed by atoms with Crippen molar-refractivity contribution in [3.05, 3.63) is 0 Å². The molecule has 1 N–H and O–H groups in total. The lowest BCUT2D eigenvalue weighted by Crippen LogP contribution is -2.50. The second-order valence-corrected chi connectivity index (χ2v) is 6.52. The van der Waals surface area contributed by atoms with E-state index in [2.05, 4.69) is 44.1 Å². The zero-order valence-corrected chi connectivity index (χ0v) is 13.4. The summed E-state index contributed by atoms with van der Waals surface area (Å²) in [6.07, 6.45) is 6.29. The Kier molecular flexibility index (Phi) is 6.29. The molecule has 0 radical (unpaired) electrons. The Labute approximate surface area is 119 Å². The van der Waals surface area contributed by atoms with Gasteiger partial charge in [0.1, 0.15) is 5.54 Å². The fourth-order valence-electron chi connectivity index (χ4n) is 3.51. The highest BCUT2D eigenvalue weighted by Gasteiger charge is 2.32. The van der Waals surface area contributed by atoms with E-state index in [-0.39, 0.29) is 0 Å². The Bertz CT molecular complexity index is 310. The van der Waals surface area contributed by atoms with Gasteiger partial charge in [0.05, 0.1) is 6.07 Å². The van der Waals surface area contributed by atoms with Gasteiger partial charge >= 0.3 is 0 Å². The van der Waals surface area contributed by atoms with Crippen molar-refractivity contribution in [1.29, 1.82) is 5.26 Å². The van der Waals surface area contributed by atoms with Gasteiger partial charge in [-0.05, 0) is 52.6 Å². The van der Waals surface area contributed by atoms with Crippen LogP contribution in [0.4, 0.5) is 0 Å². The Hall–Kier alpha value is -0.590. The summed E-state index contributed by atoms with van der Waals surface area (Å²) in [7, 11) is 2.24. The minimum Gasteiger partial charge on any atom is -0.300 e. The first-order valence-electron chi connectivity index (χ1n) is 7.81. The Balaban J connectivity index is 2.61. The monoisotopic (exact) mass is 265 g/mol. The third-order valence-corrected chi connectivity index (χ3v) is 4.80. The molecule has 0 heterocycles. The van der Waals surface area contributed by atoms with Crippen molar-refractivity contribution in [2.75, 3.05) is 13.6 Å². The van der Waals surface area contributed by atoms with Crippen LogP contribution in [0.2, 0.25) is 0 Å². The maximum atomic E-state index is 9.38. The number of rotatable bonds is 6. The summed E-state index contributed by atoms with van der Waals surface area (Å²) in [5.74, 6) is 0.786. The average Bonchev–Trinajstić information content (AvgIpc) is 2.38. The predicted octanol–water partition coefficient (Wildman–Crippen LogP) is 3.17. The van der Waals surface area contributed by atoms with Gasteiger partial charge in [0.25, 0.3) is 0 Å². The molecular formula is C16H31N3. The predicted molar refractivity (Wildman–Crippen MR) is 81.0 cm³/mol. The molecule has 0 aromatic rings. The van der Waals surface area contributed by atoms with Gasteiger partial charge in [-0.15, -0.1) is 0 Å². The van der Waals surface area contributed by atoms with Crippen LogP contribution in [-0.2, 0) is 0 Å². The zero-order valence-electron chi connectivity index (χ0n) is 13.4. The molecule has 3 heteroatoms. The molecule has 0 aliphatic heterocycles. The van der Waals surface area contributed by atoms with Crippen LogP contribution in [0.3, 0.4) is 0 Å². The molecule has 0 spiro atoms. The number of nitrogens with one attached hydrogen (secondary N) is 1. The van der Waals surface area contributed by atoms with Gasteiger partial charge in [-0.25, -0.2) is 0 Å². The maximum Gasteiger partial charge on any atom is 0.105 e. The van der Waals surface area contributed by atoms with E-state index in [0.29, 0.717) is 12.1 Å². The zero-order chi connectivity index (χ0) is 14.5. The minimum absolute atomic E-state index is 0.402. The molecule has 4 atom stereocenters. The summed E-state index contributed by atoms with van der Waals surface area (Å²) in [5, 5.41) is 12.7. The molecule has 4 unspecified atom stereocenters. The van der Waals surface area contributed by atoms with Crippen LogP contribution in [0.1, 0.15) is 59.8 Å². The van der Waals surface area contributed by atoms with Crippen LogP contribution in [-0.4, -0.2) is 36.1 Å². The maximum absolute atomic E-state index is 9.38. The van der Waals surface area contributed by atoms with Gasteiger partial charge < -0.3 is 4.90 Å². The van der Waals surface area contributed by atoms with Gasteiger partial charge in [0, 0.05) is 12.1 Å². The molecular weight excluding hydrogens is 234 g/mol. The highest BCUT2D eigenvalue weighted by Crippen LogP contribution is 2.29. The molecule has 110 valence electrons. The quantitative estimate of drug-likeness (QED) is 0.802. The Morgan fingerprint density at radius 1 is 1.42 bits per heavy atom. The molecule has 1 aliphatic carbocycles. The van der Waals surface area contributed by atoms with Gasteiger partial charge in [0.15, 0.2) is 0 Å². The second-order valence-electron chi connectivity index (χ2n) is 6.52. The number of nitrogens with zero attached hydrogens (tertiary/aromatic N) is 2. The van der Waals surface area contributed by atoms with Crippen molar-refractivity contribution < 1.29 is 0 Å². The van der Waals surface area contributed by atoms with Gasteiger partial charge in [0.2, 0.25) is 0 Å². The Morgan fingerprint density at radius 3 is 2.58 bits per heavy atom. The van der Waals surface area contributed by atoms with Gasteiger partial charge in [-0.3, -0.25) is 5.32 Å². The second kappa shape index (κ2) is 7.26. The molecule has 0 aromatic carbocycles. The molecule has 0 aromatic heterocycles. The van der Waals surface area contributed by atoms with E-state index in [1.165, 1.54) is 25.7 Å². The molecule has 1 aliphatic rings. The third kappa shape index (κ3) is 4.47. The van der Waals surface area contributed by atoms with Crippen LogP contribution in [0.5, 0.6) is 0 Å². The van der Waals surface area contributed by atoms with Crippen molar-refractivity contribution in [2.45, 2.75) is 77.4 Å². The minimum atomic E-state index is -0.402. The van der Waals surface area contributed by atoms with Crippen molar-refractivity contribution in [3.8, 4) is 6.07 Å². The van der Waals surface area contributed by atoms with E-state index in [1.54, 1.807) is 0 Å². The van der Waals surface area contributed by atoms with E-state index in [4.69, 9.17) is 0 Å². The standard InChI is InChI=1S/C16H31N3/c1-6-18-16(4,12-17)11-14(3)19(5)15-10-8-7-9-13(15)2/h13-15,18H,6-11H2,1-5H3. The largest absolute Gasteiger partial charge is 0.300 e. The van der Waals surface area contributed by atoms with Crippen molar-refractivity contribution in [2.24, 2.45) is 5.92 Å². The van der Waals surface area contributed by atoms with E-state index in [1.807, 2.05) is 6.92 Å². The number of hydrogen-bond acceptors (Lipinski definition) is 3. The van der Waals surface area contributed by atoms with Crippen molar-refractivity contribution >= 4 is 0 Å². The fraction of sp³-hybridized carbons (Fsp3) is 0.938. The van der Waals surface area contributed by atoms with Crippen LogP contribution < -0.4 is 5.32 Å². The van der Waals surface area contributed by atoms with Crippen molar-refractivity contribution in [1.82, 2.24) is 10.2 Å². The molecule has 19 heavy (non-hydrogen) atoms. The lowest BCUT2D eigenvalue weighted by atomic mass is 9.83. The number of nitriles is 1. The fourth-order valence-corrected chi connectivity index (χ4v) is 3.51.